The average molecular weight is 302 g/mol. The fourth-order valence-electron chi connectivity index (χ4n) is 2.68. The van der Waals surface area contributed by atoms with E-state index < -0.39 is 15.1 Å². The Bertz CT molecular complexity index is 551. The van der Waals surface area contributed by atoms with E-state index in [-0.39, 0.29) is 11.5 Å². The molecule has 1 fully saturated rings. The molecular formula is C14H20ClNO2S. The van der Waals surface area contributed by atoms with E-state index in [1.165, 1.54) is 0 Å². The molecule has 3 nitrogen and oxygen atoms in total. The van der Waals surface area contributed by atoms with Gasteiger partial charge < -0.3 is 5.73 Å². The zero-order chi connectivity index (χ0) is 14.3. The van der Waals surface area contributed by atoms with Crippen molar-refractivity contribution < 1.29 is 8.42 Å². The standard InChI is InChI=1S/C14H20ClNO2S/c1-14(2)8-7-12(16)13(9-14)19(17,18)11-5-3-10(15)4-6-11/h3-6,12-13H,7-9,16H2,1-2H3. The van der Waals surface area contributed by atoms with Gasteiger partial charge in [-0.15, -0.1) is 0 Å². The van der Waals surface area contributed by atoms with Crippen LogP contribution in [0.25, 0.3) is 0 Å². The number of hydrogen-bond acceptors (Lipinski definition) is 3. The maximum absolute atomic E-state index is 12.7. The summed E-state index contributed by atoms with van der Waals surface area (Å²) in [7, 11) is -3.38. The fourth-order valence-corrected chi connectivity index (χ4v) is 4.94. The van der Waals surface area contributed by atoms with Crippen molar-refractivity contribution in [1.29, 1.82) is 0 Å². The van der Waals surface area contributed by atoms with Crippen molar-refractivity contribution in [3.63, 3.8) is 0 Å². The molecule has 0 bridgehead atoms. The number of benzene rings is 1. The summed E-state index contributed by atoms with van der Waals surface area (Å²) in [5, 5.41) is 0.0321. The highest BCUT2D eigenvalue weighted by molar-refractivity contribution is 7.92. The van der Waals surface area contributed by atoms with Gasteiger partial charge in [0.2, 0.25) is 0 Å². The second kappa shape index (κ2) is 5.08. The third kappa shape index (κ3) is 3.12. The van der Waals surface area contributed by atoms with Gasteiger partial charge in [0.05, 0.1) is 10.1 Å². The second-order valence-electron chi connectivity index (χ2n) is 6.11. The Balaban J connectivity index is 2.35. The van der Waals surface area contributed by atoms with Crippen molar-refractivity contribution in [3.05, 3.63) is 29.3 Å². The molecule has 2 rings (SSSR count). The molecular weight excluding hydrogens is 282 g/mol. The van der Waals surface area contributed by atoms with Crippen LogP contribution in [0.15, 0.2) is 29.2 Å². The lowest BCUT2D eigenvalue weighted by molar-refractivity contribution is 0.227. The summed E-state index contributed by atoms with van der Waals surface area (Å²) < 4.78 is 25.3. The van der Waals surface area contributed by atoms with Gasteiger partial charge in [-0.3, -0.25) is 0 Å². The summed E-state index contributed by atoms with van der Waals surface area (Å²) in [6.07, 6.45) is 2.34. The highest BCUT2D eigenvalue weighted by Gasteiger charge is 2.41. The van der Waals surface area contributed by atoms with Gasteiger partial charge in [-0.25, -0.2) is 8.42 Å². The minimum atomic E-state index is -3.38. The highest BCUT2D eigenvalue weighted by Crippen LogP contribution is 2.39. The van der Waals surface area contributed by atoms with Crippen molar-refractivity contribution in [2.75, 3.05) is 0 Å². The van der Waals surface area contributed by atoms with Crippen molar-refractivity contribution in [3.8, 4) is 0 Å². The number of sulfone groups is 1. The molecule has 1 aromatic carbocycles. The Morgan fingerprint density at radius 2 is 1.84 bits per heavy atom. The lowest BCUT2D eigenvalue weighted by Gasteiger charge is -2.38. The van der Waals surface area contributed by atoms with E-state index in [4.69, 9.17) is 17.3 Å². The molecule has 0 amide bonds. The minimum absolute atomic E-state index is 0.0278. The Morgan fingerprint density at radius 1 is 1.26 bits per heavy atom. The van der Waals surface area contributed by atoms with Crippen LogP contribution in [0.4, 0.5) is 0 Å². The fraction of sp³-hybridized carbons (Fsp3) is 0.571. The molecule has 0 heterocycles. The maximum atomic E-state index is 12.7. The smallest absolute Gasteiger partial charge is 0.182 e. The summed E-state index contributed by atoms with van der Waals surface area (Å²) in [5.74, 6) is 0. The maximum Gasteiger partial charge on any atom is 0.182 e. The van der Waals surface area contributed by atoms with Crippen LogP contribution in [0, 0.1) is 5.41 Å². The zero-order valence-corrected chi connectivity index (χ0v) is 12.8. The van der Waals surface area contributed by atoms with E-state index in [2.05, 4.69) is 13.8 Å². The van der Waals surface area contributed by atoms with Crippen molar-refractivity contribution in [2.45, 2.75) is 49.3 Å². The molecule has 2 N–H and O–H groups in total. The van der Waals surface area contributed by atoms with Gasteiger partial charge in [-0.1, -0.05) is 25.4 Å². The number of nitrogens with two attached hydrogens (primary N) is 1. The van der Waals surface area contributed by atoms with Crippen LogP contribution in [0.3, 0.4) is 0 Å². The Kier molecular flexibility index (Phi) is 3.96. The molecule has 0 radical (unpaired) electrons. The van der Waals surface area contributed by atoms with Crippen LogP contribution in [0.5, 0.6) is 0 Å². The van der Waals surface area contributed by atoms with E-state index in [1.54, 1.807) is 24.3 Å². The monoisotopic (exact) mass is 301 g/mol. The van der Waals surface area contributed by atoms with Crippen molar-refractivity contribution in [2.24, 2.45) is 11.1 Å². The zero-order valence-electron chi connectivity index (χ0n) is 11.3. The summed E-state index contributed by atoms with van der Waals surface area (Å²) >= 11 is 5.80. The van der Waals surface area contributed by atoms with E-state index in [9.17, 15) is 8.42 Å². The van der Waals surface area contributed by atoms with Crippen molar-refractivity contribution in [1.82, 2.24) is 0 Å². The molecule has 19 heavy (non-hydrogen) atoms. The molecule has 5 heteroatoms. The van der Waals surface area contributed by atoms with Crippen LogP contribution in [-0.4, -0.2) is 19.7 Å². The van der Waals surface area contributed by atoms with Gasteiger partial charge in [0.25, 0.3) is 0 Å². The van der Waals surface area contributed by atoms with Crippen LogP contribution in [0.1, 0.15) is 33.1 Å². The predicted molar refractivity (Wildman–Crippen MR) is 78.0 cm³/mol. The number of halogens is 1. The molecule has 0 aromatic heterocycles. The summed E-state index contributed by atoms with van der Waals surface area (Å²) in [4.78, 5) is 0.315. The molecule has 0 spiro atoms. The molecule has 106 valence electrons. The van der Waals surface area contributed by atoms with Crippen molar-refractivity contribution >= 4 is 21.4 Å². The number of rotatable bonds is 2. The average Bonchev–Trinajstić information content (AvgIpc) is 2.33. The molecule has 2 unspecified atom stereocenters. The summed E-state index contributed by atoms with van der Waals surface area (Å²) in [6.45, 7) is 4.20. The molecule has 1 aliphatic carbocycles. The molecule has 1 saturated carbocycles. The first-order chi connectivity index (χ1) is 8.72. The molecule has 2 atom stereocenters. The van der Waals surface area contributed by atoms with Crippen LogP contribution in [0.2, 0.25) is 5.02 Å². The lowest BCUT2D eigenvalue weighted by atomic mass is 9.75. The SMILES string of the molecule is CC1(C)CCC(N)C(S(=O)(=O)c2ccc(Cl)cc2)C1. The summed E-state index contributed by atoms with van der Waals surface area (Å²) in [6, 6.07) is 6.05. The van der Waals surface area contributed by atoms with E-state index in [0.29, 0.717) is 16.3 Å². The van der Waals surface area contributed by atoms with E-state index in [0.717, 1.165) is 12.8 Å². The largest absolute Gasteiger partial charge is 0.327 e. The van der Waals surface area contributed by atoms with Gasteiger partial charge in [-0.05, 0) is 48.9 Å². The molecule has 0 aliphatic heterocycles. The first-order valence-corrected chi connectivity index (χ1v) is 8.40. The first-order valence-electron chi connectivity index (χ1n) is 6.47. The van der Waals surface area contributed by atoms with Gasteiger partial charge in [0.1, 0.15) is 0 Å². The van der Waals surface area contributed by atoms with Crippen LogP contribution >= 0.6 is 11.6 Å². The normalized spacial score (nSPS) is 27.2. The third-order valence-electron chi connectivity index (χ3n) is 3.93. The van der Waals surface area contributed by atoms with E-state index >= 15 is 0 Å². The second-order valence-corrected chi connectivity index (χ2v) is 8.71. The van der Waals surface area contributed by atoms with Gasteiger partial charge in [0.15, 0.2) is 9.84 Å². The van der Waals surface area contributed by atoms with Crippen LogP contribution in [-0.2, 0) is 9.84 Å². The third-order valence-corrected chi connectivity index (χ3v) is 6.42. The highest BCUT2D eigenvalue weighted by atomic mass is 35.5. The quantitative estimate of drug-likeness (QED) is 0.913. The minimum Gasteiger partial charge on any atom is -0.327 e. The summed E-state index contributed by atoms with van der Waals surface area (Å²) in [5.41, 5.74) is 6.08. The Labute approximate surface area is 120 Å². The van der Waals surface area contributed by atoms with Gasteiger partial charge >= 0.3 is 0 Å². The first kappa shape index (κ1) is 14.8. The lowest BCUT2D eigenvalue weighted by Crippen LogP contribution is -2.47. The Hall–Kier alpha value is -0.580. The van der Waals surface area contributed by atoms with E-state index in [1.807, 2.05) is 0 Å². The van der Waals surface area contributed by atoms with Gasteiger partial charge in [0, 0.05) is 11.1 Å². The molecule has 1 aliphatic rings. The van der Waals surface area contributed by atoms with Crippen LogP contribution < -0.4 is 5.73 Å². The topological polar surface area (TPSA) is 60.2 Å². The predicted octanol–water partition coefficient (Wildman–Crippen LogP) is 3.02. The number of hydrogen-bond donors (Lipinski definition) is 1. The molecule has 0 saturated heterocycles. The molecule has 1 aromatic rings. The van der Waals surface area contributed by atoms with Gasteiger partial charge in [-0.2, -0.15) is 0 Å². The Morgan fingerprint density at radius 3 is 2.42 bits per heavy atom.